The molecule has 6 heteroatoms. The first-order valence-electron chi connectivity index (χ1n) is 7.86. The second kappa shape index (κ2) is 7.63. The Balaban J connectivity index is 1.87. The van der Waals surface area contributed by atoms with E-state index in [1.165, 1.54) is 5.56 Å². The maximum Gasteiger partial charge on any atom is 0.318 e. The number of urea groups is 1. The molecule has 122 valence electrons. The summed E-state index contributed by atoms with van der Waals surface area (Å²) >= 11 is 1.66. The molecule has 0 saturated carbocycles. The normalized spacial score (nSPS) is 19.3. The van der Waals surface area contributed by atoms with Crippen molar-refractivity contribution >= 4 is 23.3 Å². The molecular formula is C16H25N3O2S. The second-order valence-corrected chi connectivity index (χ2v) is 6.94. The number of likely N-dealkylation sites (tertiary alicyclic amines) is 1. The summed E-state index contributed by atoms with van der Waals surface area (Å²) in [5.41, 5.74) is 1.24. The van der Waals surface area contributed by atoms with E-state index in [0.29, 0.717) is 13.1 Å². The monoisotopic (exact) mass is 323 g/mol. The minimum Gasteiger partial charge on any atom is -0.354 e. The molecule has 1 aromatic rings. The van der Waals surface area contributed by atoms with Gasteiger partial charge in [0, 0.05) is 19.1 Å². The first kappa shape index (κ1) is 16.8. The first-order valence-corrected chi connectivity index (χ1v) is 8.80. The lowest BCUT2D eigenvalue weighted by Gasteiger charge is -2.25. The predicted molar refractivity (Wildman–Crippen MR) is 89.1 cm³/mol. The molecule has 2 rings (SSSR count). The molecule has 2 heterocycles. The number of thiophene rings is 1. The van der Waals surface area contributed by atoms with Crippen molar-refractivity contribution < 1.29 is 9.59 Å². The van der Waals surface area contributed by atoms with Crippen LogP contribution in [0.25, 0.3) is 0 Å². The molecule has 5 nitrogen and oxygen atoms in total. The van der Waals surface area contributed by atoms with Crippen LogP contribution in [0.4, 0.5) is 4.79 Å². The molecule has 1 saturated heterocycles. The highest BCUT2D eigenvalue weighted by Gasteiger charge is 2.34. The number of carbonyl (C=O) groups excluding carboxylic acids is 2. The van der Waals surface area contributed by atoms with Gasteiger partial charge in [-0.05, 0) is 55.0 Å². The van der Waals surface area contributed by atoms with Gasteiger partial charge in [0.25, 0.3) is 0 Å². The molecule has 1 aliphatic heterocycles. The number of hydrogen-bond donors (Lipinski definition) is 2. The Morgan fingerprint density at radius 3 is 2.82 bits per heavy atom. The van der Waals surface area contributed by atoms with Crippen LogP contribution in [0, 0.1) is 0 Å². The molecule has 1 aliphatic rings. The van der Waals surface area contributed by atoms with E-state index in [0.717, 1.165) is 12.8 Å². The van der Waals surface area contributed by atoms with Crippen LogP contribution in [0.2, 0.25) is 0 Å². The Morgan fingerprint density at radius 2 is 2.18 bits per heavy atom. The zero-order valence-electron chi connectivity index (χ0n) is 13.5. The van der Waals surface area contributed by atoms with Crippen LogP contribution in [0.3, 0.4) is 0 Å². The van der Waals surface area contributed by atoms with Crippen LogP contribution in [0.5, 0.6) is 0 Å². The van der Waals surface area contributed by atoms with E-state index in [-0.39, 0.29) is 29.9 Å². The molecule has 1 fully saturated rings. The van der Waals surface area contributed by atoms with Crippen LogP contribution in [-0.2, 0) is 4.79 Å². The Labute approximate surface area is 136 Å². The van der Waals surface area contributed by atoms with Gasteiger partial charge in [0.1, 0.15) is 6.04 Å². The third-order valence-corrected chi connectivity index (χ3v) is 4.62. The summed E-state index contributed by atoms with van der Waals surface area (Å²) in [5, 5.41) is 10.0. The number of amides is 3. The molecule has 0 aliphatic carbocycles. The Morgan fingerprint density at radius 1 is 1.41 bits per heavy atom. The highest BCUT2D eigenvalue weighted by atomic mass is 32.1. The van der Waals surface area contributed by atoms with Gasteiger partial charge in [-0.2, -0.15) is 11.3 Å². The molecule has 2 N–H and O–H groups in total. The molecule has 0 bridgehead atoms. The molecule has 3 amide bonds. The molecule has 0 unspecified atom stereocenters. The minimum atomic E-state index is -0.339. The Bertz CT molecular complexity index is 501. The summed E-state index contributed by atoms with van der Waals surface area (Å²) in [4.78, 5) is 26.2. The maximum atomic E-state index is 12.4. The average molecular weight is 323 g/mol. The van der Waals surface area contributed by atoms with Crippen molar-refractivity contribution in [3.05, 3.63) is 22.4 Å². The van der Waals surface area contributed by atoms with Gasteiger partial charge in [0.15, 0.2) is 0 Å². The SMILES string of the molecule is CC(C)NC(=O)N1CCC[C@H]1C(=O)NC[C@@H](C)c1ccsc1. The maximum absolute atomic E-state index is 12.4. The fourth-order valence-corrected chi connectivity index (χ4v) is 3.44. The smallest absolute Gasteiger partial charge is 0.318 e. The number of nitrogens with zero attached hydrogens (tertiary/aromatic N) is 1. The van der Waals surface area contributed by atoms with Crippen molar-refractivity contribution in [2.45, 2.75) is 51.6 Å². The van der Waals surface area contributed by atoms with Crippen molar-refractivity contribution in [2.75, 3.05) is 13.1 Å². The van der Waals surface area contributed by atoms with Crippen LogP contribution in [-0.4, -0.2) is 42.0 Å². The zero-order chi connectivity index (χ0) is 16.1. The summed E-state index contributed by atoms with van der Waals surface area (Å²) in [6.07, 6.45) is 1.62. The van der Waals surface area contributed by atoms with Crippen LogP contribution in [0.1, 0.15) is 45.1 Å². The van der Waals surface area contributed by atoms with Crippen molar-refractivity contribution in [1.29, 1.82) is 0 Å². The quantitative estimate of drug-likeness (QED) is 0.875. The van der Waals surface area contributed by atoms with E-state index in [1.54, 1.807) is 16.2 Å². The lowest BCUT2D eigenvalue weighted by atomic mass is 10.1. The van der Waals surface area contributed by atoms with Crippen molar-refractivity contribution in [3.8, 4) is 0 Å². The summed E-state index contributed by atoms with van der Waals surface area (Å²) in [7, 11) is 0. The number of carbonyl (C=O) groups is 2. The Kier molecular flexibility index (Phi) is 5.83. The molecule has 0 radical (unpaired) electrons. The Hall–Kier alpha value is -1.56. The molecular weight excluding hydrogens is 298 g/mol. The predicted octanol–water partition coefficient (Wildman–Crippen LogP) is 2.55. The fraction of sp³-hybridized carbons (Fsp3) is 0.625. The van der Waals surface area contributed by atoms with Crippen molar-refractivity contribution in [2.24, 2.45) is 0 Å². The standard InChI is InChI=1S/C16H25N3O2S/c1-11(2)18-16(21)19-7-4-5-14(19)15(20)17-9-12(3)13-6-8-22-10-13/h6,8,10-12,14H,4-5,7,9H2,1-3H3,(H,17,20)(H,18,21)/t12-,14+/m1/s1. The highest BCUT2D eigenvalue weighted by molar-refractivity contribution is 7.07. The zero-order valence-corrected chi connectivity index (χ0v) is 14.3. The van der Waals surface area contributed by atoms with Gasteiger partial charge in [-0.1, -0.05) is 6.92 Å². The summed E-state index contributed by atoms with van der Waals surface area (Å²) < 4.78 is 0. The van der Waals surface area contributed by atoms with Crippen molar-refractivity contribution in [3.63, 3.8) is 0 Å². The van der Waals surface area contributed by atoms with Gasteiger partial charge in [0.2, 0.25) is 5.91 Å². The van der Waals surface area contributed by atoms with E-state index in [2.05, 4.69) is 29.0 Å². The molecule has 22 heavy (non-hydrogen) atoms. The molecule has 2 atom stereocenters. The van der Waals surface area contributed by atoms with Crippen LogP contribution < -0.4 is 10.6 Å². The largest absolute Gasteiger partial charge is 0.354 e. The second-order valence-electron chi connectivity index (χ2n) is 6.16. The molecule has 0 spiro atoms. The third-order valence-electron chi connectivity index (χ3n) is 3.92. The van der Waals surface area contributed by atoms with E-state index < -0.39 is 0 Å². The van der Waals surface area contributed by atoms with Gasteiger partial charge in [-0.25, -0.2) is 4.79 Å². The number of nitrogens with one attached hydrogen (secondary N) is 2. The van der Waals surface area contributed by atoms with Gasteiger partial charge >= 0.3 is 6.03 Å². The van der Waals surface area contributed by atoms with E-state index in [9.17, 15) is 9.59 Å². The first-order chi connectivity index (χ1) is 10.5. The van der Waals surface area contributed by atoms with E-state index in [1.807, 2.05) is 19.2 Å². The summed E-state index contributed by atoms with van der Waals surface area (Å²) in [6, 6.07) is 1.68. The average Bonchev–Trinajstić information content (AvgIpc) is 3.13. The molecule has 0 aromatic carbocycles. The van der Waals surface area contributed by atoms with Gasteiger partial charge in [-0.3, -0.25) is 4.79 Å². The van der Waals surface area contributed by atoms with Crippen LogP contribution >= 0.6 is 11.3 Å². The number of rotatable bonds is 5. The van der Waals surface area contributed by atoms with Crippen molar-refractivity contribution in [1.82, 2.24) is 15.5 Å². The fourth-order valence-electron chi connectivity index (χ4n) is 2.66. The number of hydrogen-bond acceptors (Lipinski definition) is 3. The van der Waals surface area contributed by atoms with Gasteiger partial charge in [0.05, 0.1) is 0 Å². The van der Waals surface area contributed by atoms with Gasteiger partial charge < -0.3 is 15.5 Å². The lowest BCUT2D eigenvalue weighted by molar-refractivity contribution is -0.124. The highest BCUT2D eigenvalue weighted by Crippen LogP contribution is 2.19. The minimum absolute atomic E-state index is 0.0431. The third kappa shape index (κ3) is 4.22. The summed E-state index contributed by atoms with van der Waals surface area (Å²) in [5.74, 6) is 0.244. The summed E-state index contributed by atoms with van der Waals surface area (Å²) in [6.45, 7) is 7.19. The van der Waals surface area contributed by atoms with Crippen LogP contribution in [0.15, 0.2) is 16.8 Å². The van der Waals surface area contributed by atoms with E-state index >= 15 is 0 Å². The van der Waals surface area contributed by atoms with Gasteiger partial charge in [-0.15, -0.1) is 0 Å². The molecule has 1 aromatic heterocycles. The van der Waals surface area contributed by atoms with E-state index in [4.69, 9.17) is 0 Å². The lowest BCUT2D eigenvalue weighted by Crippen LogP contribution is -2.51. The topological polar surface area (TPSA) is 61.4 Å².